The standard InChI is InChI=1S/C27H23FN4O2/c28-22-12-8-18(9-13-22)25-21(17-32(31-25)24-4-2-1-3-5-24)16-29-26(33)19-10-14-23(15-11-19)30-27(34)20-6-7-20/h1-5,8-15,17,20H,6-7,16H2,(H,29,33)(H,30,34). The maximum atomic E-state index is 13.4. The van der Waals surface area contributed by atoms with Gasteiger partial charge in [-0.3, -0.25) is 9.59 Å². The van der Waals surface area contributed by atoms with E-state index in [1.807, 2.05) is 36.5 Å². The molecule has 0 bridgehead atoms. The SMILES string of the molecule is O=C(NCc1cn(-c2ccccc2)nc1-c1ccc(F)cc1)c1ccc(NC(=O)C2CC2)cc1. The smallest absolute Gasteiger partial charge is 0.251 e. The number of hydrogen-bond donors (Lipinski definition) is 2. The van der Waals surface area contributed by atoms with Crippen LogP contribution in [0.1, 0.15) is 28.8 Å². The molecule has 0 atom stereocenters. The lowest BCUT2D eigenvalue weighted by Gasteiger charge is -2.08. The van der Waals surface area contributed by atoms with Crippen LogP contribution in [0.25, 0.3) is 16.9 Å². The number of amides is 2. The number of nitrogens with one attached hydrogen (secondary N) is 2. The Kier molecular flexibility index (Phi) is 5.91. The van der Waals surface area contributed by atoms with Crippen LogP contribution in [-0.4, -0.2) is 21.6 Å². The van der Waals surface area contributed by atoms with Gasteiger partial charge in [-0.25, -0.2) is 9.07 Å². The van der Waals surface area contributed by atoms with E-state index in [4.69, 9.17) is 5.10 Å². The van der Waals surface area contributed by atoms with E-state index in [0.717, 1.165) is 29.7 Å². The average Bonchev–Trinajstić information content (AvgIpc) is 3.64. The quantitative estimate of drug-likeness (QED) is 0.415. The van der Waals surface area contributed by atoms with E-state index in [1.54, 1.807) is 41.1 Å². The summed E-state index contributed by atoms with van der Waals surface area (Å²) in [5.74, 6) is -0.411. The highest BCUT2D eigenvalue weighted by Crippen LogP contribution is 2.30. The number of benzene rings is 3. The molecule has 5 rings (SSSR count). The minimum absolute atomic E-state index is 0.0287. The summed E-state index contributed by atoms with van der Waals surface area (Å²) in [6.45, 7) is 0.249. The van der Waals surface area contributed by atoms with E-state index in [2.05, 4.69) is 10.6 Å². The van der Waals surface area contributed by atoms with E-state index in [0.29, 0.717) is 16.9 Å². The van der Waals surface area contributed by atoms with Gasteiger partial charge in [0.2, 0.25) is 5.91 Å². The Hall–Kier alpha value is -4.26. The van der Waals surface area contributed by atoms with E-state index >= 15 is 0 Å². The summed E-state index contributed by atoms with van der Waals surface area (Å²) < 4.78 is 15.2. The van der Waals surface area contributed by atoms with Crippen LogP contribution < -0.4 is 10.6 Å². The van der Waals surface area contributed by atoms with Gasteiger partial charge >= 0.3 is 0 Å². The molecular weight excluding hydrogens is 431 g/mol. The molecule has 1 aliphatic carbocycles. The number of carbonyl (C=O) groups is 2. The molecule has 3 aromatic carbocycles. The number of halogens is 1. The Balaban J connectivity index is 1.32. The number of hydrogen-bond acceptors (Lipinski definition) is 3. The molecule has 0 spiro atoms. The summed E-state index contributed by atoms with van der Waals surface area (Å²) in [6, 6.07) is 22.6. The second-order valence-electron chi connectivity index (χ2n) is 8.31. The van der Waals surface area contributed by atoms with Gasteiger partial charge in [0.1, 0.15) is 5.82 Å². The van der Waals surface area contributed by atoms with Gasteiger partial charge in [-0.05, 0) is 73.5 Å². The fraction of sp³-hybridized carbons (Fsp3) is 0.148. The summed E-state index contributed by atoms with van der Waals surface area (Å²) in [5, 5.41) is 10.5. The maximum Gasteiger partial charge on any atom is 0.251 e. The van der Waals surface area contributed by atoms with E-state index in [1.165, 1.54) is 12.1 Å². The second-order valence-corrected chi connectivity index (χ2v) is 8.31. The average molecular weight is 455 g/mol. The normalized spacial score (nSPS) is 12.9. The molecule has 170 valence electrons. The third-order valence-corrected chi connectivity index (χ3v) is 5.73. The highest BCUT2D eigenvalue weighted by molar-refractivity contribution is 5.96. The predicted molar refractivity (Wildman–Crippen MR) is 128 cm³/mol. The van der Waals surface area contributed by atoms with Crippen molar-refractivity contribution in [3.05, 3.63) is 102 Å². The van der Waals surface area contributed by atoms with Crippen LogP contribution in [-0.2, 0) is 11.3 Å². The third-order valence-electron chi connectivity index (χ3n) is 5.73. The first kappa shape index (κ1) is 21.6. The highest BCUT2D eigenvalue weighted by atomic mass is 19.1. The highest BCUT2D eigenvalue weighted by Gasteiger charge is 2.29. The van der Waals surface area contributed by atoms with Gasteiger partial charge in [-0.1, -0.05) is 18.2 Å². The number of nitrogens with zero attached hydrogens (tertiary/aromatic N) is 2. The van der Waals surface area contributed by atoms with Crippen LogP contribution in [0, 0.1) is 11.7 Å². The molecule has 6 nitrogen and oxygen atoms in total. The van der Waals surface area contributed by atoms with Gasteiger partial charge < -0.3 is 10.6 Å². The number of rotatable bonds is 7. The lowest BCUT2D eigenvalue weighted by atomic mass is 10.1. The molecule has 2 amide bonds. The maximum absolute atomic E-state index is 13.4. The van der Waals surface area contributed by atoms with Crippen molar-refractivity contribution in [2.45, 2.75) is 19.4 Å². The fourth-order valence-corrected chi connectivity index (χ4v) is 3.68. The Morgan fingerprint density at radius 1 is 0.941 bits per heavy atom. The van der Waals surface area contributed by atoms with Crippen LogP contribution in [0.4, 0.5) is 10.1 Å². The van der Waals surface area contributed by atoms with Crippen molar-refractivity contribution >= 4 is 17.5 Å². The number of anilines is 1. The molecule has 7 heteroatoms. The Bertz CT molecular complexity index is 1310. The molecule has 1 aromatic heterocycles. The van der Waals surface area contributed by atoms with Gasteiger partial charge in [0.05, 0.1) is 11.4 Å². The van der Waals surface area contributed by atoms with Crippen molar-refractivity contribution < 1.29 is 14.0 Å². The molecule has 1 aliphatic rings. The van der Waals surface area contributed by atoms with Crippen molar-refractivity contribution in [3.63, 3.8) is 0 Å². The van der Waals surface area contributed by atoms with Crippen molar-refractivity contribution in [2.75, 3.05) is 5.32 Å². The van der Waals surface area contributed by atoms with Crippen molar-refractivity contribution in [1.82, 2.24) is 15.1 Å². The van der Waals surface area contributed by atoms with Gasteiger partial charge in [-0.2, -0.15) is 5.10 Å². The Morgan fingerprint density at radius 2 is 1.65 bits per heavy atom. The molecule has 1 saturated carbocycles. The largest absolute Gasteiger partial charge is 0.348 e. The zero-order valence-corrected chi connectivity index (χ0v) is 18.4. The second kappa shape index (κ2) is 9.31. The van der Waals surface area contributed by atoms with Crippen LogP contribution in [0.5, 0.6) is 0 Å². The first-order chi connectivity index (χ1) is 16.6. The lowest BCUT2D eigenvalue weighted by Crippen LogP contribution is -2.23. The minimum atomic E-state index is -0.321. The van der Waals surface area contributed by atoms with Crippen LogP contribution in [0.3, 0.4) is 0 Å². The monoisotopic (exact) mass is 454 g/mol. The van der Waals surface area contributed by atoms with E-state index in [-0.39, 0.29) is 30.1 Å². The van der Waals surface area contributed by atoms with Crippen LogP contribution in [0.15, 0.2) is 85.1 Å². The third kappa shape index (κ3) is 4.88. The zero-order valence-electron chi connectivity index (χ0n) is 18.4. The predicted octanol–water partition coefficient (Wildman–Crippen LogP) is 4.96. The molecule has 0 unspecified atom stereocenters. The minimum Gasteiger partial charge on any atom is -0.348 e. The number of carbonyl (C=O) groups excluding carboxylic acids is 2. The molecule has 0 saturated heterocycles. The number of aromatic nitrogens is 2. The summed E-state index contributed by atoms with van der Waals surface area (Å²) >= 11 is 0. The van der Waals surface area contributed by atoms with Crippen LogP contribution >= 0.6 is 0 Å². The summed E-state index contributed by atoms with van der Waals surface area (Å²) in [6.07, 6.45) is 3.74. The van der Waals surface area contributed by atoms with E-state index in [9.17, 15) is 14.0 Å². The zero-order chi connectivity index (χ0) is 23.5. The molecule has 1 heterocycles. The van der Waals surface area contributed by atoms with E-state index < -0.39 is 0 Å². The molecule has 1 fully saturated rings. The van der Waals surface area contributed by atoms with Crippen molar-refractivity contribution in [3.8, 4) is 16.9 Å². The first-order valence-electron chi connectivity index (χ1n) is 11.2. The molecule has 4 aromatic rings. The lowest BCUT2D eigenvalue weighted by molar-refractivity contribution is -0.117. The Morgan fingerprint density at radius 3 is 2.32 bits per heavy atom. The molecule has 0 radical (unpaired) electrons. The Labute approximate surface area is 196 Å². The van der Waals surface area contributed by atoms with Crippen LogP contribution in [0.2, 0.25) is 0 Å². The van der Waals surface area contributed by atoms with Gasteiger partial charge in [0, 0.05) is 41.0 Å². The van der Waals surface area contributed by atoms with Gasteiger partial charge in [-0.15, -0.1) is 0 Å². The van der Waals surface area contributed by atoms with Crippen molar-refractivity contribution in [1.29, 1.82) is 0 Å². The summed E-state index contributed by atoms with van der Waals surface area (Å²) in [4.78, 5) is 24.7. The number of para-hydroxylation sites is 1. The first-order valence-corrected chi connectivity index (χ1v) is 11.2. The van der Waals surface area contributed by atoms with Gasteiger partial charge in [0.15, 0.2) is 0 Å². The summed E-state index contributed by atoms with van der Waals surface area (Å²) in [7, 11) is 0. The van der Waals surface area contributed by atoms with Crippen molar-refractivity contribution in [2.24, 2.45) is 5.92 Å². The molecule has 2 N–H and O–H groups in total. The summed E-state index contributed by atoms with van der Waals surface area (Å²) in [5.41, 5.74) is 4.28. The molecule has 0 aliphatic heterocycles. The molecular formula is C27H23FN4O2. The molecule has 34 heavy (non-hydrogen) atoms. The fourth-order valence-electron chi connectivity index (χ4n) is 3.68. The topological polar surface area (TPSA) is 76.0 Å². The van der Waals surface area contributed by atoms with Gasteiger partial charge in [0.25, 0.3) is 5.91 Å².